The molecule has 2 aromatic carbocycles. The van der Waals surface area contributed by atoms with Gasteiger partial charge in [-0.15, -0.1) is 0 Å². The summed E-state index contributed by atoms with van der Waals surface area (Å²) in [7, 11) is 0. The highest BCUT2D eigenvalue weighted by molar-refractivity contribution is 6.12. The first-order chi connectivity index (χ1) is 11.6. The third-order valence-electron chi connectivity index (χ3n) is 3.11. The van der Waals surface area contributed by atoms with Gasteiger partial charge in [0.25, 0.3) is 5.69 Å². The minimum absolute atomic E-state index is 0.0990. The summed E-state index contributed by atoms with van der Waals surface area (Å²) >= 11 is 0. The fraction of sp³-hybridized carbons (Fsp3) is 0. The molecular formula is C16H12N4O4. The molecular weight excluding hydrogens is 312 g/mol. The Morgan fingerprint density at radius 2 is 1.38 bits per heavy atom. The van der Waals surface area contributed by atoms with Crippen molar-refractivity contribution in [1.29, 1.82) is 0 Å². The summed E-state index contributed by atoms with van der Waals surface area (Å²) in [5, 5.41) is 20.1. The number of para-hydroxylation sites is 2. The summed E-state index contributed by atoms with van der Waals surface area (Å²) in [6.45, 7) is 0. The molecule has 0 aliphatic carbocycles. The summed E-state index contributed by atoms with van der Waals surface area (Å²) in [5.41, 5.74) is 0.0463. The summed E-state index contributed by atoms with van der Waals surface area (Å²) in [4.78, 5) is 24.4. The van der Waals surface area contributed by atoms with Gasteiger partial charge in [0, 0.05) is 11.4 Å². The van der Waals surface area contributed by atoms with Gasteiger partial charge in [0.15, 0.2) is 0 Å². The summed E-state index contributed by atoms with van der Waals surface area (Å²) in [5.74, 6) is -1.52. The van der Waals surface area contributed by atoms with Gasteiger partial charge >= 0.3 is 17.5 Å². The number of anilines is 2. The Hall–Kier alpha value is -3.68. The molecule has 120 valence electrons. The van der Waals surface area contributed by atoms with Crippen molar-refractivity contribution < 1.29 is 19.1 Å². The molecule has 8 nitrogen and oxygen atoms in total. The number of hydrogen-bond acceptors (Lipinski definition) is 5. The van der Waals surface area contributed by atoms with Crippen LogP contribution < -0.4 is 15.5 Å². The van der Waals surface area contributed by atoms with E-state index in [9.17, 15) is 14.8 Å². The number of rotatable bonds is 4. The second-order valence-corrected chi connectivity index (χ2v) is 4.77. The fourth-order valence-electron chi connectivity index (χ4n) is 2.01. The van der Waals surface area contributed by atoms with Crippen molar-refractivity contribution in [3.8, 4) is 0 Å². The number of aromatic nitrogens is 2. The SMILES string of the molecule is O=C(Nc1ccccc1)c1no[n+]([O-])c1C(=O)Nc1ccccc1. The molecule has 0 fully saturated rings. The lowest BCUT2D eigenvalue weighted by atomic mass is 10.2. The zero-order chi connectivity index (χ0) is 16.9. The number of carbonyl (C=O) groups excluding carboxylic acids is 2. The predicted octanol–water partition coefficient (Wildman–Crippen LogP) is 1.81. The maximum absolute atomic E-state index is 12.3. The normalized spacial score (nSPS) is 10.2. The van der Waals surface area contributed by atoms with Crippen LogP contribution >= 0.6 is 0 Å². The van der Waals surface area contributed by atoms with Crippen LogP contribution in [0.25, 0.3) is 0 Å². The lowest BCUT2D eigenvalue weighted by molar-refractivity contribution is -0.803. The Labute approximate surface area is 136 Å². The van der Waals surface area contributed by atoms with Crippen molar-refractivity contribution in [2.45, 2.75) is 0 Å². The number of amides is 2. The monoisotopic (exact) mass is 324 g/mol. The molecule has 0 bridgehead atoms. The molecule has 2 N–H and O–H groups in total. The van der Waals surface area contributed by atoms with Crippen molar-refractivity contribution in [2.75, 3.05) is 10.6 Å². The fourth-order valence-corrected chi connectivity index (χ4v) is 2.01. The van der Waals surface area contributed by atoms with Gasteiger partial charge in [-0.1, -0.05) is 36.4 Å². The van der Waals surface area contributed by atoms with Gasteiger partial charge in [-0.25, -0.2) is 0 Å². The maximum atomic E-state index is 12.3. The van der Waals surface area contributed by atoms with Crippen LogP contribution in [0.15, 0.2) is 65.3 Å². The molecule has 0 saturated heterocycles. The highest BCUT2D eigenvalue weighted by Gasteiger charge is 2.32. The molecule has 3 rings (SSSR count). The molecule has 3 aromatic rings. The van der Waals surface area contributed by atoms with Crippen LogP contribution in [0.4, 0.5) is 11.4 Å². The molecule has 24 heavy (non-hydrogen) atoms. The number of nitrogens with one attached hydrogen (secondary N) is 2. The number of hydrogen-bond donors (Lipinski definition) is 2. The molecule has 0 saturated carbocycles. The molecule has 0 atom stereocenters. The van der Waals surface area contributed by atoms with Gasteiger partial charge in [0.2, 0.25) is 0 Å². The van der Waals surface area contributed by atoms with Gasteiger partial charge in [0.05, 0.1) is 5.16 Å². The number of nitrogens with zero attached hydrogens (tertiary/aromatic N) is 2. The molecule has 0 radical (unpaired) electrons. The van der Waals surface area contributed by atoms with E-state index in [1.807, 2.05) is 0 Å². The lowest BCUT2D eigenvalue weighted by Crippen LogP contribution is -2.35. The number of carbonyl (C=O) groups is 2. The predicted molar refractivity (Wildman–Crippen MR) is 84.3 cm³/mol. The topological polar surface area (TPSA) is 111 Å². The van der Waals surface area contributed by atoms with E-state index < -0.39 is 23.2 Å². The largest absolute Gasteiger partial charge is 0.359 e. The van der Waals surface area contributed by atoms with Crippen molar-refractivity contribution in [3.63, 3.8) is 0 Å². The van der Waals surface area contributed by atoms with Gasteiger partial charge in [-0.05, 0) is 29.2 Å². The van der Waals surface area contributed by atoms with Crippen LogP contribution in [0.1, 0.15) is 21.0 Å². The van der Waals surface area contributed by atoms with E-state index in [2.05, 4.69) is 20.4 Å². The van der Waals surface area contributed by atoms with E-state index in [-0.39, 0.29) is 4.90 Å². The quantitative estimate of drug-likeness (QED) is 0.711. The van der Waals surface area contributed by atoms with Gasteiger partial charge < -0.3 is 15.8 Å². The zero-order valence-electron chi connectivity index (χ0n) is 12.3. The number of benzene rings is 2. The van der Waals surface area contributed by atoms with E-state index >= 15 is 0 Å². The summed E-state index contributed by atoms with van der Waals surface area (Å²) in [6, 6.07) is 17.1. The second-order valence-electron chi connectivity index (χ2n) is 4.77. The molecule has 0 spiro atoms. The smallest absolute Gasteiger partial charge is 0.318 e. The van der Waals surface area contributed by atoms with Crippen LogP contribution in [0.5, 0.6) is 0 Å². The molecule has 1 heterocycles. The van der Waals surface area contributed by atoms with Gasteiger partial charge in [-0.3, -0.25) is 14.2 Å². The zero-order valence-corrected chi connectivity index (χ0v) is 12.3. The van der Waals surface area contributed by atoms with Gasteiger partial charge in [0.1, 0.15) is 0 Å². The van der Waals surface area contributed by atoms with E-state index in [0.717, 1.165) is 0 Å². The average molecular weight is 324 g/mol. The highest BCUT2D eigenvalue weighted by atomic mass is 16.8. The van der Waals surface area contributed by atoms with Crippen LogP contribution in [-0.2, 0) is 0 Å². The Morgan fingerprint density at radius 1 is 0.875 bits per heavy atom. The molecule has 1 aromatic heterocycles. The van der Waals surface area contributed by atoms with Crippen LogP contribution in [0, 0.1) is 5.21 Å². The Morgan fingerprint density at radius 3 is 1.92 bits per heavy atom. The van der Waals surface area contributed by atoms with Crippen molar-refractivity contribution >= 4 is 23.2 Å². The van der Waals surface area contributed by atoms with Crippen LogP contribution in [0.2, 0.25) is 0 Å². The highest BCUT2D eigenvalue weighted by Crippen LogP contribution is 2.11. The molecule has 0 unspecified atom stereocenters. The van der Waals surface area contributed by atoms with E-state index in [1.54, 1.807) is 60.7 Å². The second kappa shape index (κ2) is 6.61. The first-order valence-corrected chi connectivity index (χ1v) is 6.97. The Balaban J connectivity index is 1.83. The Bertz CT molecular complexity index is 862. The first-order valence-electron chi connectivity index (χ1n) is 6.97. The summed E-state index contributed by atoms with van der Waals surface area (Å²) < 4.78 is 4.40. The van der Waals surface area contributed by atoms with Crippen molar-refractivity contribution in [3.05, 3.63) is 77.3 Å². The van der Waals surface area contributed by atoms with Crippen molar-refractivity contribution in [1.82, 2.24) is 5.16 Å². The Kier molecular flexibility index (Phi) is 4.19. The molecule has 0 aliphatic rings. The standard InChI is InChI=1S/C16H12N4O4/c21-15(17-11-7-3-1-4-8-11)13-14(20(23)24-19-13)16(22)18-12-9-5-2-6-10-12/h1-10H,(H,17,21)(H,18,22). The maximum Gasteiger partial charge on any atom is 0.318 e. The van der Waals surface area contributed by atoms with Crippen LogP contribution in [0.3, 0.4) is 0 Å². The minimum atomic E-state index is -0.796. The molecule has 2 amide bonds. The molecule has 0 aliphatic heterocycles. The van der Waals surface area contributed by atoms with Gasteiger partial charge in [-0.2, -0.15) is 0 Å². The van der Waals surface area contributed by atoms with Crippen molar-refractivity contribution in [2.24, 2.45) is 0 Å². The van der Waals surface area contributed by atoms with E-state index in [1.165, 1.54) is 0 Å². The molecule has 8 heteroatoms. The van der Waals surface area contributed by atoms with E-state index in [4.69, 9.17) is 0 Å². The first kappa shape index (κ1) is 15.2. The third kappa shape index (κ3) is 3.22. The summed E-state index contributed by atoms with van der Waals surface area (Å²) in [6.07, 6.45) is 0. The average Bonchev–Trinajstić information content (AvgIpc) is 2.98. The van der Waals surface area contributed by atoms with Crippen LogP contribution in [-0.4, -0.2) is 17.0 Å². The lowest BCUT2D eigenvalue weighted by Gasteiger charge is -2.03. The van der Waals surface area contributed by atoms with E-state index in [0.29, 0.717) is 11.4 Å². The third-order valence-corrected chi connectivity index (χ3v) is 3.11. The minimum Gasteiger partial charge on any atom is -0.359 e.